The van der Waals surface area contributed by atoms with Crippen molar-refractivity contribution in [2.24, 2.45) is 17.8 Å². The van der Waals surface area contributed by atoms with Crippen LogP contribution in [-0.4, -0.2) is 29.8 Å². The minimum atomic E-state index is -4.86. The second-order valence-corrected chi connectivity index (χ2v) is 10.7. The van der Waals surface area contributed by atoms with Gasteiger partial charge >= 0.3 is 18.3 Å². The fourth-order valence-corrected chi connectivity index (χ4v) is 4.24. The molecular formula is C25H27Cl2F6NO3. The highest BCUT2D eigenvalue weighted by Gasteiger charge is 2.47. The van der Waals surface area contributed by atoms with E-state index in [-0.39, 0.29) is 17.1 Å². The highest BCUT2D eigenvalue weighted by molar-refractivity contribution is 6.33. The lowest BCUT2D eigenvalue weighted by Crippen LogP contribution is -2.40. The van der Waals surface area contributed by atoms with E-state index in [4.69, 9.17) is 27.9 Å². The van der Waals surface area contributed by atoms with Gasteiger partial charge in [-0.15, -0.1) is 0 Å². The highest BCUT2D eigenvalue weighted by Crippen LogP contribution is 2.42. The van der Waals surface area contributed by atoms with Crippen molar-refractivity contribution in [3.8, 4) is 0 Å². The normalized spacial score (nSPS) is 19.0. The molecule has 0 aliphatic heterocycles. The van der Waals surface area contributed by atoms with E-state index in [1.54, 1.807) is 0 Å². The van der Waals surface area contributed by atoms with Crippen LogP contribution in [0, 0.1) is 17.8 Å². The highest BCUT2D eigenvalue weighted by atomic mass is 35.5. The molecule has 0 spiro atoms. The van der Waals surface area contributed by atoms with Crippen molar-refractivity contribution in [3.63, 3.8) is 0 Å². The number of alkyl halides is 6. The minimum absolute atomic E-state index is 0.0631. The molecule has 1 aliphatic rings. The SMILES string of the molecule is C[C@H]([C@H](C(=O)Nc1cc(C(CC(=O)OC(C)(C)C)C(F)(F)F)ccc1Cl)C1C=CC(Cl)=CC1)C(F)(F)F. The summed E-state index contributed by atoms with van der Waals surface area (Å²) in [6, 6.07) is 3.02. The predicted molar refractivity (Wildman–Crippen MR) is 129 cm³/mol. The standard InChI is InChI=1S/C25H27Cl2F6NO3/c1-13(24(28,29)30)21(14-5-8-16(26)9-6-14)22(36)34-19-11-15(7-10-18(19)27)17(25(31,32)33)12-20(35)37-23(2,3)4/h5,7-11,13-14,17,21H,6,12H2,1-4H3,(H,34,36)/t13-,14?,17?,21+/m1/s1. The van der Waals surface area contributed by atoms with E-state index >= 15 is 0 Å². The number of ether oxygens (including phenoxy) is 1. The molecule has 1 aromatic rings. The molecular weight excluding hydrogens is 547 g/mol. The third-order valence-corrected chi connectivity index (χ3v) is 6.35. The Morgan fingerprint density at radius 1 is 1.08 bits per heavy atom. The first-order valence-corrected chi connectivity index (χ1v) is 12.0. The van der Waals surface area contributed by atoms with Gasteiger partial charge in [-0.1, -0.05) is 48.3 Å². The molecule has 0 saturated heterocycles. The van der Waals surface area contributed by atoms with Gasteiger partial charge in [-0.05, 0) is 56.9 Å². The lowest BCUT2D eigenvalue weighted by molar-refractivity contribution is -0.188. The quantitative estimate of drug-likeness (QED) is 0.264. The van der Waals surface area contributed by atoms with E-state index in [2.05, 4.69) is 5.32 Å². The number of carbonyl (C=O) groups excluding carboxylic acids is 2. The number of hydrogen-bond donors (Lipinski definition) is 1. The van der Waals surface area contributed by atoms with E-state index in [0.717, 1.165) is 25.1 Å². The van der Waals surface area contributed by atoms with Crippen LogP contribution in [-0.2, 0) is 14.3 Å². The zero-order chi connectivity index (χ0) is 28.3. The molecule has 4 atom stereocenters. The Hall–Kier alpha value is -2.20. The van der Waals surface area contributed by atoms with Crippen molar-refractivity contribution in [2.75, 3.05) is 5.32 Å². The Kier molecular flexibility index (Phi) is 9.79. The molecule has 206 valence electrons. The predicted octanol–water partition coefficient (Wildman–Crippen LogP) is 8.17. The molecule has 0 radical (unpaired) electrons. The van der Waals surface area contributed by atoms with Crippen molar-refractivity contribution in [2.45, 2.75) is 64.4 Å². The van der Waals surface area contributed by atoms with Crippen LogP contribution in [0.3, 0.4) is 0 Å². The molecule has 1 aliphatic carbocycles. The van der Waals surface area contributed by atoms with Crippen LogP contribution < -0.4 is 5.32 Å². The molecule has 12 heteroatoms. The van der Waals surface area contributed by atoms with Crippen LogP contribution in [0.4, 0.5) is 32.0 Å². The summed E-state index contributed by atoms with van der Waals surface area (Å²) in [5.74, 6) is -9.02. The summed E-state index contributed by atoms with van der Waals surface area (Å²) < 4.78 is 87.4. The van der Waals surface area contributed by atoms with Crippen molar-refractivity contribution in [1.82, 2.24) is 0 Å². The fraction of sp³-hybridized carbons (Fsp3) is 0.520. The van der Waals surface area contributed by atoms with Crippen molar-refractivity contribution in [3.05, 3.63) is 52.0 Å². The number of hydrogen-bond acceptors (Lipinski definition) is 3. The summed E-state index contributed by atoms with van der Waals surface area (Å²) >= 11 is 11.9. The molecule has 4 nitrogen and oxygen atoms in total. The first kappa shape index (κ1) is 31.0. The number of anilines is 1. The van der Waals surface area contributed by atoms with E-state index in [0.29, 0.717) is 5.03 Å². The summed E-state index contributed by atoms with van der Waals surface area (Å²) in [5.41, 5.74) is -1.73. The topological polar surface area (TPSA) is 55.4 Å². The van der Waals surface area contributed by atoms with E-state index in [1.165, 1.54) is 39.0 Å². The average Bonchev–Trinajstić information content (AvgIpc) is 2.72. The molecule has 1 N–H and O–H groups in total. The molecule has 1 aromatic carbocycles. The van der Waals surface area contributed by atoms with Gasteiger partial charge in [0, 0.05) is 5.03 Å². The van der Waals surface area contributed by atoms with Gasteiger partial charge in [-0.25, -0.2) is 0 Å². The molecule has 0 bridgehead atoms. The third-order valence-electron chi connectivity index (χ3n) is 5.74. The van der Waals surface area contributed by atoms with Crippen molar-refractivity contribution in [1.29, 1.82) is 0 Å². The number of allylic oxidation sites excluding steroid dienone is 4. The Morgan fingerprint density at radius 3 is 2.19 bits per heavy atom. The Labute approximate surface area is 221 Å². The first-order chi connectivity index (χ1) is 16.8. The van der Waals surface area contributed by atoms with Gasteiger partial charge in [0.05, 0.1) is 34.9 Å². The lowest BCUT2D eigenvalue weighted by Gasteiger charge is -2.31. The number of nitrogens with one attached hydrogen (secondary N) is 1. The van der Waals surface area contributed by atoms with E-state index in [1.807, 2.05) is 0 Å². The summed E-state index contributed by atoms with van der Waals surface area (Å²) in [5, 5.41) is 2.40. The maximum Gasteiger partial charge on any atom is 0.396 e. The number of rotatable bonds is 7. The second kappa shape index (κ2) is 11.7. The lowest BCUT2D eigenvalue weighted by atomic mass is 9.78. The Morgan fingerprint density at radius 2 is 1.70 bits per heavy atom. The van der Waals surface area contributed by atoms with Gasteiger partial charge in [0.25, 0.3) is 0 Å². The third kappa shape index (κ3) is 8.95. The fourth-order valence-electron chi connectivity index (χ4n) is 3.92. The molecule has 2 unspecified atom stereocenters. The zero-order valence-electron chi connectivity index (χ0n) is 20.4. The van der Waals surface area contributed by atoms with Crippen LogP contribution in [0.5, 0.6) is 0 Å². The molecule has 0 fully saturated rings. The first-order valence-electron chi connectivity index (χ1n) is 11.3. The maximum absolute atomic E-state index is 13.9. The summed E-state index contributed by atoms with van der Waals surface area (Å²) in [4.78, 5) is 25.2. The largest absolute Gasteiger partial charge is 0.460 e. The summed E-state index contributed by atoms with van der Waals surface area (Å²) in [6.07, 6.45) is -6.30. The van der Waals surface area contributed by atoms with Crippen LogP contribution >= 0.6 is 23.2 Å². The molecule has 2 rings (SSSR count). The number of esters is 1. The smallest absolute Gasteiger partial charge is 0.396 e. The number of amides is 1. The Balaban J connectivity index is 2.39. The summed E-state index contributed by atoms with van der Waals surface area (Å²) in [6.45, 7) is 5.38. The summed E-state index contributed by atoms with van der Waals surface area (Å²) in [7, 11) is 0. The van der Waals surface area contributed by atoms with E-state index < -0.39 is 65.5 Å². The van der Waals surface area contributed by atoms with Gasteiger partial charge in [0.15, 0.2) is 0 Å². The van der Waals surface area contributed by atoms with Gasteiger partial charge in [0.2, 0.25) is 5.91 Å². The van der Waals surface area contributed by atoms with Gasteiger partial charge < -0.3 is 10.1 Å². The number of benzene rings is 1. The molecule has 1 amide bonds. The zero-order valence-corrected chi connectivity index (χ0v) is 21.9. The molecule has 0 aromatic heterocycles. The minimum Gasteiger partial charge on any atom is -0.460 e. The van der Waals surface area contributed by atoms with Crippen molar-refractivity contribution >= 4 is 40.8 Å². The van der Waals surface area contributed by atoms with Gasteiger partial charge in [0.1, 0.15) is 5.60 Å². The van der Waals surface area contributed by atoms with Crippen LogP contribution in [0.15, 0.2) is 41.5 Å². The van der Waals surface area contributed by atoms with Crippen LogP contribution in [0.1, 0.15) is 52.0 Å². The molecule has 0 saturated carbocycles. The van der Waals surface area contributed by atoms with E-state index in [9.17, 15) is 35.9 Å². The average molecular weight is 574 g/mol. The van der Waals surface area contributed by atoms with Crippen LogP contribution in [0.25, 0.3) is 0 Å². The Bertz CT molecular complexity index is 1060. The monoisotopic (exact) mass is 573 g/mol. The van der Waals surface area contributed by atoms with Gasteiger partial charge in [-0.2, -0.15) is 26.3 Å². The van der Waals surface area contributed by atoms with Gasteiger partial charge in [-0.3, -0.25) is 9.59 Å². The molecule has 0 heterocycles. The van der Waals surface area contributed by atoms with Crippen LogP contribution in [0.2, 0.25) is 5.02 Å². The maximum atomic E-state index is 13.9. The number of carbonyl (C=O) groups is 2. The molecule has 37 heavy (non-hydrogen) atoms. The second-order valence-electron chi connectivity index (χ2n) is 9.82. The van der Waals surface area contributed by atoms with Crippen molar-refractivity contribution < 1.29 is 40.7 Å². The number of halogens is 8.